The van der Waals surface area contributed by atoms with Crippen molar-refractivity contribution in [3.8, 4) is 0 Å². The minimum atomic E-state index is 0. The number of rotatable bonds is 9. The summed E-state index contributed by atoms with van der Waals surface area (Å²) in [6, 6.07) is 0.751. The Kier molecular flexibility index (Phi) is 12.0. The van der Waals surface area contributed by atoms with Crippen molar-refractivity contribution in [1.29, 1.82) is 0 Å². The molecule has 0 amide bonds. The molecule has 2 rings (SSSR count). The number of aryl methyl sites for hydroxylation is 2. The summed E-state index contributed by atoms with van der Waals surface area (Å²) in [6.07, 6.45) is 8.59. The summed E-state index contributed by atoms with van der Waals surface area (Å²) in [7, 11) is 2.25. The molecule has 6 nitrogen and oxygen atoms in total. The Labute approximate surface area is 181 Å². The third-order valence-corrected chi connectivity index (χ3v) is 5.30. The Bertz CT molecular complexity index is 533. The predicted octanol–water partition coefficient (Wildman–Crippen LogP) is 3.74. The third-order valence-electron chi connectivity index (χ3n) is 5.30. The largest absolute Gasteiger partial charge is 0.361 e. The van der Waals surface area contributed by atoms with Crippen LogP contribution in [-0.4, -0.2) is 48.7 Å². The number of hydrogen-bond acceptors (Lipinski definition) is 4. The number of nitrogens with one attached hydrogen (secondary N) is 2. The molecular formula is C20H38IN5O. The summed E-state index contributed by atoms with van der Waals surface area (Å²) in [4.78, 5) is 7.26. The fraction of sp³-hybridized carbons (Fsp3) is 0.800. The zero-order valence-corrected chi connectivity index (χ0v) is 19.8. The smallest absolute Gasteiger partial charge is 0.191 e. The summed E-state index contributed by atoms with van der Waals surface area (Å²) in [5.74, 6) is 1.83. The minimum absolute atomic E-state index is 0. The van der Waals surface area contributed by atoms with Crippen LogP contribution >= 0.6 is 24.0 Å². The second-order valence-electron chi connectivity index (χ2n) is 7.13. The first-order valence-electron chi connectivity index (χ1n) is 10.4. The number of hydrogen-bond donors (Lipinski definition) is 2. The maximum Gasteiger partial charge on any atom is 0.191 e. The quantitative estimate of drug-likeness (QED) is 0.313. The van der Waals surface area contributed by atoms with Crippen LogP contribution < -0.4 is 10.6 Å². The Morgan fingerprint density at radius 3 is 2.52 bits per heavy atom. The number of halogens is 1. The van der Waals surface area contributed by atoms with E-state index in [1.165, 1.54) is 32.1 Å². The molecule has 0 aromatic carbocycles. The van der Waals surface area contributed by atoms with E-state index in [0.717, 1.165) is 61.5 Å². The molecule has 0 saturated heterocycles. The fourth-order valence-electron chi connectivity index (χ4n) is 3.67. The standard InChI is InChI=1S/C20H37N5O.HI/c1-5-18-17(19(6-2)26-24-18)15-23-20(21-7-3)22-13-14-25(4)16-11-9-8-10-12-16;/h16H,5-15H2,1-4H3,(H2,21,22,23);1H. The summed E-state index contributed by atoms with van der Waals surface area (Å²) in [5.41, 5.74) is 2.17. The van der Waals surface area contributed by atoms with Crippen molar-refractivity contribution in [2.45, 2.75) is 78.3 Å². The van der Waals surface area contributed by atoms with E-state index in [1.54, 1.807) is 0 Å². The zero-order valence-electron chi connectivity index (χ0n) is 17.5. The maximum absolute atomic E-state index is 5.44. The molecule has 1 heterocycles. The van der Waals surface area contributed by atoms with Crippen LogP contribution in [0.15, 0.2) is 9.52 Å². The normalized spacial score (nSPS) is 15.7. The van der Waals surface area contributed by atoms with Gasteiger partial charge in [0.15, 0.2) is 5.96 Å². The van der Waals surface area contributed by atoms with Crippen molar-refractivity contribution in [2.75, 3.05) is 26.7 Å². The topological polar surface area (TPSA) is 65.7 Å². The lowest BCUT2D eigenvalue weighted by molar-refractivity contribution is 0.194. The molecule has 1 aliphatic rings. The zero-order chi connectivity index (χ0) is 18.8. The van der Waals surface area contributed by atoms with Gasteiger partial charge in [-0.25, -0.2) is 4.99 Å². The molecule has 0 atom stereocenters. The molecule has 2 N–H and O–H groups in total. The van der Waals surface area contributed by atoms with Gasteiger partial charge < -0.3 is 20.1 Å². The van der Waals surface area contributed by atoms with Crippen LogP contribution in [0, 0.1) is 0 Å². The van der Waals surface area contributed by atoms with E-state index in [1.807, 2.05) is 0 Å². The molecule has 7 heteroatoms. The first-order chi connectivity index (χ1) is 12.7. The van der Waals surface area contributed by atoms with Gasteiger partial charge in [-0.1, -0.05) is 38.3 Å². The molecule has 1 aliphatic carbocycles. The summed E-state index contributed by atoms with van der Waals surface area (Å²) in [5, 5.41) is 11.0. The lowest BCUT2D eigenvalue weighted by atomic mass is 9.94. The molecule has 1 fully saturated rings. The highest BCUT2D eigenvalue weighted by molar-refractivity contribution is 14.0. The van der Waals surface area contributed by atoms with E-state index in [-0.39, 0.29) is 24.0 Å². The van der Waals surface area contributed by atoms with Crippen LogP contribution in [0.25, 0.3) is 0 Å². The van der Waals surface area contributed by atoms with Gasteiger partial charge in [0.1, 0.15) is 5.76 Å². The first kappa shape index (κ1) is 24.2. The highest BCUT2D eigenvalue weighted by Crippen LogP contribution is 2.21. The molecule has 0 radical (unpaired) electrons. The van der Waals surface area contributed by atoms with E-state index in [9.17, 15) is 0 Å². The molecule has 156 valence electrons. The van der Waals surface area contributed by atoms with E-state index >= 15 is 0 Å². The van der Waals surface area contributed by atoms with Gasteiger partial charge in [-0.15, -0.1) is 24.0 Å². The Balaban J connectivity index is 0.00000364. The number of likely N-dealkylation sites (N-methyl/N-ethyl adjacent to an activating group) is 1. The van der Waals surface area contributed by atoms with Gasteiger partial charge in [0.2, 0.25) is 0 Å². The van der Waals surface area contributed by atoms with Gasteiger partial charge in [0.05, 0.1) is 12.2 Å². The molecule has 1 saturated carbocycles. The molecule has 0 aliphatic heterocycles. The van der Waals surface area contributed by atoms with E-state index in [4.69, 9.17) is 9.52 Å². The highest BCUT2D eigenvalue weighted by atomic mass is 127. The first-order valence-corrected chi connectivity index (χ1v) is 10.4. The monoisotopic (exact) mass is 491 g/mol. The second kappa shape index (κ2) is 13.4. The van der Waals surface area contributed by atoms with Crippen LogP contribution in [0.4, 0.5) is 0 Å². The summed E-state index contributed by atoms with van der Waals surface area (Å²) < 4.78 is 5.44. The third kappa shape index (κ3) is 7.60. The molecule has 1 aromatic heterocycles. The lowest BCUT2D eigenvalue weighted by Gasteiger charge is -2.31. The average Bonchev–Trinajstić information content (AvgIpc) is 3.08. The van der Waals surface area contributed by atoms with Crippen molar-refractivity contribution >= 4 is 29.9 Å². The summed E-state index contributed by atoms with van der Waals surface area (Å²) in [6.45, 7) is 9.72. The van der Waals surface area contributed by atoms with Gasteiger partial charge >= 0.3 is 0 Å². The van der Waals surface area contributed by atoms with E-state index < -0.39 is 0 Å². The average molecular weight is 491 g/mol. The molecular weight excluding hydrogens is 453 g/mol. The number of aliphatic imine (C=N–C) groups is 1. The maximum atomic E-state index is 5.44. The van der Waals surface area contributed by atoms with E-state index in [2.05, 4.69) is 48.5 Å². The molecule has 27 heavy (non-hydrogen) atoms. The summed E-state index contributed by atoms with van der Waals surface area (Å²) >= 11 is 0. The van der Waals surface area contributed by atoms with Crippen molar-refractivity contribution in [3.05, 3.63) is 17.0 Å². The molecule has 0 bridgehead atoms. The van der Waals surface area contributed by atoms with Gasteiger partial charge in [0, 0.05) is 37.7 Å². The van der Waals surface area contributed by atoms with Crippen LogP contribution in [-0.2, 0) is 19.4 Å². The highest BCUT2D eigenvalue weighted by Gasteiger charge is 2.17. The minimum Gasteiger partial charge on any atom is -0.361 e. The van der Waals surface area contributed by atoms with Gasteiger partial charge in [-0.3, -0.25) is 0 Å². The van der Waals surface area contributed by atoms with Crippen molar-refractivity contribution < 1.29 is 4.52 Å². The SMILES string of the molecule is CCNC(=NCc1c(CC)noc1CC)NCCN(C)C1CCCCC1.I. The Morgan fingerprint density at radius 1 is 1.15 bits per heavy atom. The number of guanidine groups is 1. The number of nitrogens with zero attached hydrogens (tertiary/aromatic N) is 3. The van der Waals surface area contributed by atoms with Crippen molar-refractivity contribution in [2.24, 2.45) is 4.99 Å². The van der Waals surface area contributed by atoms with Crippen LogP contribution in [0.1, 0.15) is 69.9 Å². The molecule has 0 unspecified atom stereocenters. The lowest BCUT2D eigenvalue weighted by Crippen LogP contribution is -2.43. The van der Waals surface area contributed by atoms with Crippen LogP contribution in [0.2, 0.25) is 0 Å². The molecule has 0 spiro atoms. The van der Waals surface area contributed by atoms with Crippen LogP contribution in [0.3, 0.4) is 0 Å². The Morgan fingerprint density at radius 2 is 1.89 bits per heavy atom. The number of aromatic nitrogens is 1. The predicted molar refractivity (Wildman–Crippen MR) is 123 cm³/mol. The molecule has 1 aromatic rings. The Hall–Kier alpha value is -0.830. The fourth-order valence-corrected chi connectivity index (χ4v) is 3.67. The second-order valence-corrected chi connectivity index (χ2v) is 7.13. The van der Waals surface area contributed by atoms with Crippen molar-refractivity contribution in [3.63, 3.8) is 0 Å². The van der Waals surface area contributed by atoms with E-state index in [0.29, 0.717) is 6.54 Å². The van der Waals surface area contributed by atoms with Crippen molar-refractivity contribution in [1.82, 2.24) is 20.7 Å². The van der Waals surface area contributed by atoms with Gasteiger partial charge in [-0.05, 0) is 33.2 Å². The van der Waals surface area contributed by atoms with Crippen LogP contribution in [0.5, 0.6) is 0 Å². The van der Waals surface area contributed by atoms with Gasteiger partial charge in [0.25, 0.3) is 0 Å². The van der Waals surface area contributed by atoms with Gasteiger partial charge in [-0.2, -0.15) is 0 Å².